The Morgan fingerprint density at radius 1 is 1.19 bits per heavy atom. The lowest BCUT2D eigenvalue weighted by Gasteiger charge is -2.25. The van der Waals surface area contributed by atoms with Gasteiger partial charge in [0, 0.05) is 11.6 Å². The van der Waals surface area contributed by atoms with Crippen molar-refractivity contribution in [3.05, 3.63) is 78.5 Å². The van der Waals surface area contributed by atoms with E-state index >= 15 is 0 Å². The molecule has 1 aromatic heterocycles. The average Bonchev–Trinajstić information content (AvgIpc) is 3.14. The van der Waals surface area contributed by atoms with Gasteiger partial charge in [0.05, 0.1) is 41.7 Å². The lowest BCUT2D eigenvalue weighted by Crippen LogP contribution is -2.40. The number of rotatable bonds is 7. The van der Waals surface area contributed by atoms with Crippen LogP contribution in [0.1, 0.15) is 44.9 Å². The number of allylic oxidation sites excluding steroid dienone is 1. The van der Waals surface area contributed by atoms with Gasteiger partial charge in [-0.3, -0.25) is 9.36 Å². The normalized spacial score (nSPS) is 15.4. The van der Waals surface area contributed by atoms with E-state index in [-0.39, 0.29) is 29.8 Å². The number of phenols is 2. The zero-order chi connectivity index (χ0) is 26.9. The molecular formula is C27H28N2O7S. The molecule has 0 radical (unpaired) electrons. The quantitative estimate of drug-likeness (QED) is 0.456. The van der Waals surface area contributed by atoms with E-state index < -0.39 is 17.6 Å². The van der Waals surface area contributed by atoms with Crippen molar-refractivity contribution in [1.82, 2.24) is 4.57 Å². The summed E-state index contributed by atoms with van der Waals surface area (Å²) >= 11 is 1.13. The van der Waals surface area contributed by atoms with Crippen molar-refractivity contribution in [3.63, 3.8) is 0 Å². The Hall–Kier alpha value is -4.05. The van der Waals surface area contributed by atoms with E-state index in [0.29, 0.717) is 37.7 Å². The van der Waals surface area contributed by atoms with Gasteiger partial charge >= 0.3 is 5.97 Å². The van der Waals surface area contributed by atoms with Crippen LogP contribution in [0.25, 0.3) is 6.08 Å². The number of phenolic OH excluding ortho intramolecular Hbond substituents is 2. The van der Waals surface area contributed by atoms with Gasteiger partial charge < -0.3 is 24.4 Å². The van der Waals surface area contributed by atoms with Gasteiger partial charge in [-0.2, -0.15) is 0 Å². The molecule has 0 saturated heterocycles. The first-order valence-corrected chi connectivity index (χ1v) is 12.5. The van der Waals surface area contributed by atoms with Crippen molar-refractivity contribution in [1.29, 1.82) is 0 Å². The molecule has 194 valence electrons. The Balaban J connectivity index is 1.95. The van der Waals surface area contributed by atoms with Crippen molar-refractivity contribution >= 4 is 23.4 Å². The molecular weight excluding hydrogens is 496 g/mol. The van der Waals surface area contributed by atoms with Crippen LogP contribution in [-0.2, 0) is 9.53 Å². The van der Waals surface area contributed by atoms with E-state index in [1.54, 1.807) is 32.0 Å². The summed E-state index contributed by atoms with van der Waals surface area (Å²) in [6.07, 6.45) is 1.45. The number of carbonyl (C=O) groups is 1. The smallest absolute Gasteiger partial charge is 0.338 e. The zero-order valence-electron chi connectivity index (χ0n) is 21.1. The van der Waals surface area contributed by atoms with Gasteiger partial charge in [0.2, 0.25) is 0 Å². The number of aromatic hydroxyl groups is 2. The van der Waals surface area contributed by atoms with Crippen LogP contribution in [0.2, 0.25) is 0 Å². The van der Waals surface area contributed by atoms with Crippen LogP contribution in [-0.4, -0.2) is 40.6 Å². The molecule has 0 spiro atoms. The van der Waals surface area contributed by atoms with Gasteiger partial charge in [0.25, 0.3) is 5.56 Å². The molecule has 3 aromatic rings. The maximum atomic E-state index is 13.7. The Morgan fingerprint density at radius 2 is 1.95 bits per heavy atom. The molecule has 0 fully saturated rings. The highest BCUT2D eigenvalue weighted by atomic mass is 32.1. The standard InChI is InChI=1S/C27H28N2O7S/c1-6-35-26(33)23-15(4)28-27-29(24(23)17-8-10-20(36-14(2)3)21(11-17)34-5)25(32)22(37-27)12-16-7-9-18(30)13-19(16)31/h7-14,24,30-31H,6H2,1-5H3/b22-12-/t24-/m1/s1. The molecule has 1 aliphatic rings. The van der Waals surface area contributed by atoms with Crippen molar-refractivity contribution < 1.29 is 29.2 Å². The fourth-order valence-corrected chi connectivity index (χ4v) is 5.15. The van der Waals surface area contributed by atoms with E-state index in [2.05, 4.69) is 4.99 Å². The van der Waals surface area contributed by atoms with Gasteiger partial charge in [0.1, 0.15) is 11.5 Å². The Labute approximate surface area is 217 Å². The second-order valence-electron chi connectivity index (χ2n) is 8.62. The van der Waals surface area contributed by atoms with Gasteiger partial charge in [-0.05, 0) is 63.6 Å². The molecule has 10 heteroatoms. The van der Waals surface area contributed by atoms with Crippen molar-refractivity contribution in [3.8, 4) is 23.0 Å². The van der Waals surface area contributed by atoms with Gasteiger partial charge in [-0.1, -0.05) is 17.4 Å². The zero-order valence-corrected chi connectivity index (χ0v) is 22.0. The molecule has 0 saturated carbocycles. The summed E-state index contributed by atoms with van der Waals surface area (Å²) in [6.45, 7) is 7.39. The third-order valence-electron chi connectivity index (χ3n) is 5.68. The first-order chi connectivity index (χ1) is 17.6. The molecule has 0 unspecified atom stereocenters. The van der Waals surface area contributed by atoms with Crippen LogP contribution in [0.5, 0.6) is 23.0 Å². The highest BCUT2D eigenvalue weighted by Gasteiger charge is 2.34. The molecule has 2 heterocycles. The minimum absolute atomic E-state index is 0.0778. The molecule has 2 aromatic carbocycles. The maximum absolute atomic E-state index is 13.7. The molecule has 0 amide bonds. The number of carbonyl (C=O) groups excluding carboxylic acids is 1. The van der Waals surface area contributed by atoms with E-state index in [1.165, 1.54) is 36.0 Å². The van der Waals surface area contributed by atoms with Crippen LogP contribution < -0.4 is 24.4 Å². The van der Waals surface area contributed by atoms with Crippen LogP contribution in [0.3, 0.4) is 0 Å². The molecule has 9 nitrogen and oxygen atoms in total. The molecule has 0 aliphatic carbocycles. The minimum Gasteiger partial charge on any atom is -0.508 e. The molecule has 4 rings (SSSR count). The highest BCUT2D eigenvalue weighted by molar-refractivity contribution is 7.07. The van der Waals surface area contributed by atoms with E-state index in [9.17, 15) is 19.8 Å². The minimum atomic E-state index is -0.826. The fourth-order valence-electron chi connectivity index (χ4n) is 4.11. The van der Waals surface area contributed by atoms with E-state index in [4.69, 9.17) is 14.2 Å². The third-order valence-corrected chi connectivity index (χ3v) is 6.67. The molecule has 2 N–H and O–H groups in total. The predicted octanol–water partition coefficient (Wildman–Crippen LogP) is 3.01. The average molecular weight is 525 g/mol. The summed E-state index contributed by atoms with van der Waals surface area (Å²) < 4.78 is 18.5. The largest absolute Gasteiger partial charge is 0.508 e. The summed E-state index contributed by atoms with van der Waals surface area (Å²) in [6, 6.07) is 8.57. The first-order valence-electron chi connectivity index (χ1n) is 11.7. The molecule has 1 atom stereocenters. The number of hydrogen-bond acceptors (Lipinski definition) is 9. The van der Waals surface area contributed by atoms with Crippen molar-refractivity contribution in [2.24, 2.45) is 4.99 Å². The van der Waals surface area contributed by atoms with E-state index in [1.807, 2.05) is 13.8 Å². The summed E-state index contributed by atoms with van der Waals surface area (Å²) in [5.74, 6) is 0.164. The molecule has 37 heavy (non-hydrogen) atoms. The SMILES string of the molecule is CCOC(=O)C1=C(C)N=c2s/c(=C\c3ccc(O)cc3O)c(=O)n2[C@@H]1c1ccc(OC(C)C)c(OC)c1. The van der Waals surface area contributed by atoms with Crippen LogP contribution >= 0.6 is 11.3 Å². The summed E-state index contributed by atoms with van der Waals surface area (Å²) in [7, 11) is 1.52. The number of benzene rings is 2. The topological polar surface area (TPSA) is 120 Å². The van der Waals surface area contributed by atoms with Crippen molar-refractivity contribution in [2.45, 2.75) is 39.8 Å². The third kappa shape index (κ3) is 5.10. The molecule has 0 bridgehead atoms. The number of methoxy groups -OCH3 is 1. The summed E-state index contributed by atoms with van der Waals surface area (Å²) in [5, 5.41) is 19.8. The maximum Gasteiger partial charge on any atom is 0.338 e. The van der Waals surface area contributed by atoms with Crippen molar-refractivity contribution in [2.75, 3.05) is 13.7 Å². The Bertz CT molecular complexity index is 1570. The summed E-state index contributed by atoms with van der Waals surface area (Å²) in [4.78, 5) is 31.7. The van der Waals surface area contributed by atoms with Crippen LogP contribution in [0.4, 0.5) is 0 Å². The fraction of sp³-hybridized carbons (Fsp3) is 0.296. The Kier molecular flexibility index (Phi) is 7.40. The molecule has 1 aliphatic heterocycles. The number of esters is 1. The van der Waals surface area contributed by atoms with Crippen LogP contribution in [0, 0.1) is 0 Å². The van der Waals surface area contributed by atoms with Crippen LogP contribution in [0.15, 0.2) is 57.5 Å². The number of fused-ring (bicyclic) bond motifs is 1. The number of thiazole rings is 1. The Morgan fingerprint density at radius 3 is 2.59 bits per heavy atom. The number of hydrogen-bond donors (Lipinski definition) is 2. The predicted molar refractivity (Wildman–Crippen MR) is 139 cm³/mol. The second-order valence-corrected chi connectivity index (χ2v) is 9.63. The van der Waals surface area contributed by atoms with Gasteiger partial charge in [-0.15, -0.1) is 0 Å². The number of ether oxygens (including phenoxy) is 3. The number of aromatic nitrogens is 1. The second kappa shape index (κ2) is 10.5. The number of nitrogens with zero attached hydrogens (tertiary/aromatic N) is 2. The highest BCUT2D eigenvalue weighted by Crippen LogP contribution is 2.36. The van der Waals surface area contributed by atoms with E-state index in [0.717, 1.165) is 11.3 Å². The lowest BCUT2D eigenvalue weighted by atomic mass is 9.95. The summed E-state index contributed by atoms with van der Waals surface area (Å²) in [5.41, 5.74) is 1.26. The lowest BCUT2D eigenvalue weighted by molar-refractivity contribution is -0.139. The van der Waals surface area contributed by atoms with Gasteiger partial charge in [-0.25, -0.2) is 9.79 Å². The first kappa shape index (κ1) is 26.0. The van der Waals surface area contributed by atoms with Gasteiger partial charge in [0.15, 0.2) is 16.3 Å². The monoisotopic (exact) mass is 524 g/mol.